The molecule has 2 heteroatoms. The van der Waals surface area contributed by atoms with Gasteiger partial charge in [0.25, 0.3) is 0 Å². The van der Waals surface area contributed by atoms with Crippen molar-refractivity contribution in [3.8, 4) is 0 Å². The Morgan fingerprint density at radius 1 is 1.18 bits per heavy atom. The lowest BCUT2D eigenvalue weighted by Crippen LogP contribution is -2.11. The summed E-state index contributed by atoms with van der Waals surface area (Å²) in [6, 6.07) is 8.70. The van der Waals surface area contributed by atoms with Crippen LogP contribution in [0.2, 0.25) is 0 Å². The molecule has 0 bridgehead atoms. The molecule has 0 saturated heterocycles. The summed E-state index contributed by atoms with van der Waals surface area (Å²) in [5.41, 5.74) is 2.78. The molecule has 1 heterocycles. The van der Waals surface area contributed by atoms with E-state index in [1.807, 2.05) is 0 Å². The van der Waals surface area contributed by atoms with Gasteiger partial charge in [0.05, 0.1) is 0 Å². The van der Waals surface area contributed by atoms with Crippen molar-refractivity contribution in [3.05, 3.63) is 36.0 Å². The maximum absolute atomic E-state index is 3.41. The van der Waals surface area contributed by atoms with Crippen LogP contribution in [0.5, 0.6) is 0 Å². The predicted octanol–water partition coefficient (Wildman–Crippen LogP) is 3.55. The highest BCUT2D eigenvalue weighted by Gasteiger charge is 2.06. The SMILES string of the molecule is CCCCn1cc(CNCC)c2ccccc21. The van der Waals surface area contributed by atoms with Gasteiger partial charge in [-0.3, -0.25) is 0 Å². The Labute approximate surface area is 104 Å². The van der Waals surface area contributed by atoms with E-state index in [-0.39, 0.29) is 0 Å². The van der Waals surface area contributed by atoms with Crippen LogP contribution in [0.1, 0.15) is 32.3 Å². The van der Waals surface area contributed by atoms with E-state index in [1.54, 1.807) is 0 Å². The Balaban J connectivity index is 2.32. The topological polar surface area (TPSA) is 17.0 Å². The molecule has 0 amide bonds. The molecule has 1 aromatic carbocycles. The number of aromatic nitrogens is 1. The fraction of sp³-hybridized carbons (Fsp3) is 0.467. The minimum Gasteiger partial charge on any atom is -0.347 e. The number of fused-ring (bicyclic) bond motifs is 1. The van der Waals surface area contributed by atoms with Gasteiger partial charge in [0.2, 0.25) is 0 Å². The summed E-state index contributed by atoms with van der Waals surface area (Å²) in [6.07, 6.45) is 4.80. The Morgan fingerprint density at radius 3 is 2.76 bits per heavy atom. The van der Waals surface area contributed by atoms with Crippen molar-refractivity contribution in [2.24, 2.45) is 0 Å². The number of rotatable bonds is 6. The Bertz CT molecular complexity index is 429. The van der Waals surface area contributed by atoms with Gasteiger partial charge in [0, 0.05) is 30.2 Å². The third-order valence-corrected chi connectivity index (χ3v) is 3.19. The Hall–Kier alpha value is -1.28. The maximum Gasteiger partial charge on any atom is 0.0483 e. The molecule has 1 N–H and O–H groups in total. The van der Waals surface area contributed by atoms with Crippen molar-refractivity contribution in [2.75, 3.05) is 6.54 Å². The summed E-state index contributed by atoms with van der Waals surface area (Å²) < 4.78 is 2.39. The van der Waals surface area contributed by atoms with E-state index in [2.05, 4.69) is 54.2 Å². The zero-order valence-corrected chi connectivity index (χ0v) is 10.9. The van der Waals surface area contributed by atoms with Crippen molar-refractivity contribution in [3.63, 3.8) is 0 Å². The summed E-state index contributed by atoms with van der Waals surface area (Å²) in [6.45, 7) is 7.51. The van der Waals surface area contributed by atoms with E-state index < -0.39 is 0 Å². The van der Waals surface area contributed by atoms with Crippen LogP contribution in [0.25, 0.3) is 10.9 Å². The number of benzene rings is 1. The molecule has 2 nitrogen and oxygen atoms in total. The van der Waals surface area contributed by atoms with Gasteiger partial charge < -0.3 is 9.88 Å². The highest BCUT2D eigenvalue weighted by atomic mass is 15.0. The van der Waals surface area contributed by atoms with Gasteiger partial charge in [-0.05, 0) is 24.6 Å². The van der Waals surface area contributed by atoms with Crippen molar-refractivity contribution in [2.45, 2.75) is 39.8 Å². The molecule has 0 saturated carbocycles. The summed E-state index contributed by atoms with van der Waals surface area (Å²) in [5, 5.41) is 4.81. The van der Waals surface area contributed by atoms with Gasteiger partial charge in [-0.25, -0.2) is 0 Å². The van der Waals surface area contributed by atoms with E-state index in [9.17, 15) is 0 Å². The molecule has 0 unspecified atom stereocenters. The molecule has 0 aliphatic rings. The first-order valence-electron chi connectivity index (χ1n) is 6.64. The lowest BCUT2D eigenvalue weighted by molar-refractivity contribution is 0.645. The second kappa shape index (κ2) is 5.87. The van der Waals surface area contributed by atoms with Crippen LogP contribution < -0.4 is 5.32 Å². The molecule has 0 spiro atoms. The molecule has 0 fully saturated rings. The van der Waals surface area contributed by atoms with Crippen LogP contribution >= 0.6 is 0 Å². The lowest BCUT2D eigenvalue weighted by Gasteiger charge is -2.02. The molecule has 0 aliphatic carbocycles. The van der Waals surface area contributed by atoms with E-state index in [0.29, 0.717) is 0 Å². The monoisotopic (exact) mass is 230 g/mol. The second-order valence-electron chi connectivity index (χ2n) is 4.50. The van der Waals surface area contributed by atoms with E-state index in [4.69, 9.17) is 0 Å². The molecule has 2 aromatic rings. The van der Waals surface area contributed by atoms with Gasteiger partial charge in [-0.1, -0.05) is 38.5 Å². The van der Waals surface area contributed by atoms with E-state index in [0.717, 1.165) is 19.6 Å². The van der Waals surface area contributed by atoms with Crippen molar-refractivity contribution in [1.29, 1.82) is 0 Å². The average Bonchev–Trinajstić information content (AvgIpc) is 2.72. The fourth-order valence-electron chi connectivity index (χ4n) is 2.24. The fourth-order valence-corrected chi connectivity index (χ4v) is 2.24. The minimum atomic E-state index is 0.968. The average molecular weight is 230 g/mol. The van der Waals surface area contributed by atoms with Crippen LogP contribution in [0.4, 0.5) is 0 Å². The van der Waals surface area contributed by atoms with Crippen molar-refractivity contribution >= 4 is 10.9 Å². The lowest BCUT2D eigenvalue weighted by atomic mass is 10.2. The Kier molecular flexibility index (Phi) is 4.21. The first-order chi connectivity index (χ1) is 8.36. The molecule has 92 valence electrons. The standard InChI is InChI=1S/C15H22N2/c1-3-5-10-17-12-13(11-16-4-2)14-8-6-7-9-15(14)17/h6-9,12,16H,3-5,10-11H2,1-2H3. The van der Waals surface area contributed by atoms with Crippen molar-refractivity contribution in [1.82, 2.24) is 9.88 Å². The summed E-state index contributed by atoms with van der Waals surface area (Å²) in [5.74, 6) is 0. The largest absolute Gasteiger partial charge is 0.347 e. The Morgan fingerprint density at radius 2 is 2.00 bits per heavy atom. The molecular formula is C15H22N2. The third-order valence-electron chi connectivity index (χ3n) is 3.19. The molecule has 1 aromatic heterocycles. The number of unbranched alkanes of at least 4 members (excludes halogenated alkanes) is 1. The van der Waals surface area contributed by atoms with Crippen molar-refractivity contribution < 1.29 is 0 Å². The quantitative estimate of drug-likeness (QED) is 0.803. The van der Waals surface area contributed by atoms with E-state index >= 15 is 0 Å². The normalized spacial score (nSPS) is 11.2. The molecule has 0 aliphatic heterocycles. The van der Waals surface area contributed by atoms with Gasteiger partial charge in [-0.2, -0.15) is 0 Å². The molecular weight excluding hydrogens is 208 g/mol. The number of nitrogens with zero attached hydrogens (tertiary/aromatic N) is 1. The van der Waals surface area contributed by atoms with E-state index in [1.165, 1.54) is 29.3 Å². The minimum absolute atomic E-state index is 0.968. The number of para-hydroxylation sites is 1. The number of hydrogen-bond donors (Lipinski definition) is 1. The maximum atomic E-state index is 3.41. The van der Waals surface area contributed by atoms with Crippen LogP contribution in [0.15, 0.2) is 30.5 Å². The van der Waals surface area contributed by atoms with Crippen LogP contribution in [-0.2, 0) is 13.1 Å². The number of hydrogen-bond acceptors (Lipinski definition) is 1. The molecule has 0 radical (unpaired) electrons. The highest BCUT2D eigenvalue weighted by molar-refractivity contribution is 5.83. The zero-order valence-electron chi connectivity index (χ0n) is 10.9. The first-order valence-corrected chi connectivity index (χ1v) is 6.64. The molecule has 17 heavy (non-hydrogen) atoms. The van der Waals surface area contributed by atoms with Gasteiger partial charge in [0.1, 0.15) is 0 Å². The van der Waals surface area contributed by atoms with Gasteiger partial charge >= 0.3 is 0 Å². The van der Waals surface area contributed by atoms with Gasteiger partial charge in [0.15, 0.2) is 0 Å². The summed E-state index contributed by atoms with van der Waals surface area (Å²) >= 11 is 0. The summed E-state index contributed by atoms with van der Waals surface area (Å²) in [4.78, 5) is 0. The van der Waals surface area contributed by atoms with Gasteiger partial charge in [-0.15, -0.1) is 0 Å². The summed E-state index contributed by atoms with van der Waals surface area (Å²) in [7, 11) is 0. The number of aryl methyl sites for hydroxylation is 1. The van der Waals surface area contributed by atoms with Crippen LogP contribution in [-0.4, -0.2) is 11.1 Å². The smallest absolute Gasteiger partial charge is 0.0483 e. The van der Waals surface area contributed by atoms with Crippen LogP contribution in [0.3, 0.4) is 0 Å². The first kappa shape index (κ1) is 12.2. The molecule has 0 atom stereocenters. The number of nitrogens with one attached hydrogen (secondary N) is 1. The molecule has 2 rings (SSSR count). The predicted molar refractivity (Wildman–Crippen MR) is 74.2 cm³/mol. The second-order valence-corrected chi connectivity index (χ2v) is 4.50. The van der Waals surface area contributed by atoms with Crippen LogP contribution in [0, 0.1) is 0 Å². The third kappa shape index (κ3) is 2.70. The highest BCUT2D eigenvalue weighted by Crippen LogP contribution is 2.21. The zero-order chi connectivity index (χ0) is 12.1.